The van der Waals surface area contributed by atoms with E-state index in [4.69, 9.17) is 15.6 Å². The van der Waals surface area contributed by atoms with Gasteiger partial charge in [-0.05, 0) is 31.3 Å². The lowest BCUT2D eigenvalue weighted by Gasteiger charge is -2.12. The normalized spacial score (nSPS) is 12.1. The molecular weight excluding hydrogens is 254 g/mol. The van der Waals surface area contributed by atoms with Gasteiger partial charge >= 0.3 is 5.97 Å². The molecule has 0 saturated heterocycles. The Bertz CT molecular complexity index is 476. The van der Waals surface area contributed by atoms with Crippen LogP contribution in [0.5, 0.6) is 5.75 Å². The maximum Gasteiger partial charge on any atom is 0.344 e. The largest absolute Gasteiger partial charge is 0.479 e. The highest BCUT2D eigenvalue weighted by molar-refractivity contribution is 7.80. The van der Waals surface area contributed by atoms with Crippen molar-refractivity contribution in [3.63, 3.8) is 0 Å². The summed E-state index contributed by atoms with van der Waals surface area (Å²) in [7, 11) is 0. The molecule has 1 aromatic carbocycles. The van der Waals surface area contributed by atoms with Gasteiger partial charge in [0.15, 0.2) is 11.2 Å². The molecule has 0 fully saturated rings. The highest BCUT2D eigenvalue weighted by Gasteiger charge is 2.13. The maximum atomic E-state index is 10.7. The molecule has 0 aliphatic rings. The lowest BCUT2D eigenvalue weighted by molar-refractivity contribution is -0.144. The molecule has 18 heavy (non-hydrogen) atoms. The van der Waals surface area contributed by atoms with Crippen LogP contribution in [0.2, 0.25) is 0 Å². The molecule has 0 aliphatic carbocycles. The van der Waals surface area contributed by atoms with Crippen molar-refractivity contribution in [2.45, 2.75) is 13.0 Å². The van der Waals surface area contributed by atoms with Gasteiger partial charge in [-0.3, -0.25) is 5.43 Å². The Labute approximate surface area is 109 Å². The van der Waals surface area contributed by atoms with E-state index in [0.29, 0.717) is 11.3 Å². The zero-order valence-electron chi connectivity index (χ0n) is 9.66. The molecule has 6 nitrogen and oxygen atoms in total. The number of para-hydroxylation sites is 1. The van der Waals surface area contributed by atoms with E-state index in [0.717, 1.165) is 0 Å². The molecule has 1 aromatic rings. The second-order valence-electron chi connectivity index (χ2n) is 3.37. The van der Waals surface area contributed by atoms with E-state index in [2.05, 4.69) is 22.7 Å². The topological polar surface area (TPSA) is 96.9 Å². The van der Waals surface area contributed by atoms with Crippen molar-refractivity contribution in [3.05, 3.63) is 29.8 Å². The molecule has 0 bridgehead atoms. The molecule has 0 saturated carbocycles. The van der Waals surface area contributed by atoms with Crippen LogP contribution in [0.15, 0.2) is 29.4 Å². The van der Waals surface area contributed by atoms with Crippen LogP contribution >= 0.6 is 12.2 Å². The van der Waals surface area contributed by atoms with Gasteiger partial charge in [0.25, 0.3) is 0 Å². The average Bonchev–Trinajstić information content (AvgIpc) is 2.30. The quantitative estimate of drug-likeness (QED) is 0.413. The first-order chi connectivity index (χ1) is 8.50. The smallest absolute Gasteiger partial charge is 0.344 e. The Hall–Kier alpha value is -2.15. The Kier molecular flexibility index (Phi) is 5.06. The lowest BCUT2D eigenvalue weighted by atomic mass is 10.2. The fraction of sp³-hybridized carbons (Fsp3) is 0.182. The van der Waals surface area contributed by atoms with Gasteiger partial charge in [-0.2, -0.15) is 5.10 Å². The van der Waals surface area contributed by atoms with Crippen LogP contribution in [0, 0.1) is 0 Å². The summed E-state index contributed by atoms with van der Waals surface area (Å²) in [6, 6.07) is 6.90. The fourth-order valence-electron chi connectivity index (χ4n) is 1.10. The van der Waals surface area contributed by atoms with Gasteiger partial charge in [0.1, 0.15) is 5.75 Å². The SMILES string of the molecule is CC(Oc1ccccc1C=NNC(N)=S)C(=O)O. The first kappa shape index (κ1) is 13.9. The van der Waals surface area contributed by atoms with Gasteiger partial charge in [-0.15, -0.1) is 0 Å². The van der Waals surface area contributed by atoms with Crippen molar-refractivity contribution in [1.29, 1.82) is 0 Å². The summed E-state index contributed by atoms with van der Waals surface area (Å²) in [6.45, 7) is 1.45. The van der Waals surface area contributed by atoms with E-state index in [1.807, 2.05) is 0 Å². The molecule has 0 amide bonds. The molecule has 96 valence electrons. The summed E-state index contributed by atoms with van der Waals surface area (Å²) in [5.74, 6) is -0.621. The number of carboxylic acid groups (broad SMARTS) is 1. The molecule has 4 N–H and O–H groups in total. The third kappa shape index (κ3) is 4.38. The van der Waals surface area contributed by atoms with Gasteiger partial charge in [0.05, 0.1) is 6.21 Å². The molecule has 0 heterocycles. The van der Waals surface area contributed by atoms with Gasteiger partial charge < -0.3 is 15.6 Å². The number of hydrogen-bond donors (Lipinski definition) is 3. The zero-order valence-corrected chi connectivity index (χ0v) is 10.5. The summed E-state index contributed by atoms with van der Waals surface area (Å²) in [4.78, 5) is 10.7. The van der Waals surface area contributed by atoms with Crippen LogP contribution in [0.1, 0.15) is 12.5 Å². The Morgan fingerprint density at radius 2 is 2.28 bits per heavy atom. The minimum atomic E-state index is -1.04. The third-order valence-electron chi connectivity index (χ3n) is 1.95. The first-order valence-corrected chi connectivity index (χ1v) is 5.48. The highest BCUT2D eigenvalue weighted by atomic mass is 32.1. The van der Waals surface area contributed by atoms with Crippen molar-refractivity contribution in [2.75, 3.05) is 0 Å². The van der Waals surface area contributed by atoms with E-state index in [1.54, 1.807) is 24.3 Å². The van der Waals surface area contributed by atoms with Crippen LogP contribution < -0.4 is 15.9 Å². The fourth-order valence-corrected chi connectivity index (χ4v) is 1.15. The number of thiocarbonyl (C=S) groups is 1. The number of hydrogen-bond acceptors (Lipinski definition) is 4. The summed E-state index contributed by atoms with van der Waals surface area (Å²) >= 11 is 4.59. The number of nitrogens with zero attached hydrogens (tertiary/aromatic N) is 1. The van der Waals surface area contributed by atoms with Gasteiger partial charge in [-0.25, -0.2) is 4.79 Å². The van der Waals surface area contributed by atoms with E-state index in [-0.39, 0.29) is 5.11 Å². The number of carbonyl (C=O) groups is 1. The molecule has 0 aliphatic heterocycles. The van der Waals surface area contributed by atoms with Crippen molar-refractivity contribution >= 4 is 29.5 Å². The molecule has 0 radical (unpaired) electrons. The van der Waals surface area contributed by atoms with Crippen molar-refractivity contribution in [2.24, 2.45) is 10.8 Å². The molecular formula is C11H13N3O3S. The van der Waals surface area contributed by atoms with Crippen LogP contribution in [0.25, 0.3) is 0 Å². The minimum Gasteiger partial charge on any atom is -0.479 e. The monoisotopic (exact) mass is 267 g/mol. The number of nitrogens with one attached hydrogen (secondary N) is 1. The summed E-state index contributed by atoms with van der Waals surface area (Å²) in [5.41, 5.74) is 8.24. The summed E-state index contributed by atoms with van der Waals surface area (Å²) < 4.78 is 5.28. The number of benzene rings is 1. The van der Waals surface area contributed by atoms with Crippen LogP contribution in [-0.2, 0) is 4.79 Å². The van der Waals surface area contributed by atoms with E-state index >= 15 is 0 Å². The standard InChI is InChI=1S/C11H13N3O3S/c1-7(10(15)16)17-9-5-3-2-4-8(9)6-13-14-11(12)18/h2-7H,1H3,(H,15,16)(H3,12,14,18). The minimum absolute atomic E-state index is 0.0450. The second kappa shape index (κ2) is 6.55. The zero-order chi connectivity index (χ0) is 13.5. The number of nitrogens with two attached hydrogens (primary N) is 1. The molecule has 0 aromatic heterocycles. The van der Waals surface area contributed by atoms with E-state index < -0.39 is 12.1 Å². The lowest BCUT2D eigenvalue weighted by Crippen LogP contribution is -2.24. The molecule has 0 spiro atoms. The highest BCUT2D eigenvalue weighted by Crippen LogP contribution is 2.17. The van der Waals surface area contributed by atoms with E-state index in [1.165, 1.54) is 13.1 Å². The predicted octanol–water partition coefficient (Wildman–Crippen LogP) is 0.706. The van der Waals surface area contributed by atoms with Crippen LogP contribution in [-0.4, -0.2) is 28.5 Å². The Balaban J connectivity index is 2.82. The predicted molar refractivity (Wildman–Crippen MR) is 71.7 cm³/mol. The van der Waals surface area contributed by atoms with Crippen molar-refractivity contribution in [3.8, 4) is 5.75 Å². The number of ether oxygens (including phenoxy) is 1. The van der Waals surface area contributed by atoms with Crippen molar-refractivity contribution < 1.29 is 14.6 Å². The van der Waals surface area contributed by atoms with Gasteiger partial charge in [-0.1, -0.05) is 12.1 Å². The summed E-state index contributed by atoms with van der Waals surface area (Å²) in [6.07, 6.45) is 0.506. The number of rotatable bonds is 5. The number of carboxylic acids is 1. The van der Waals surface area contributed by atoms with Crippen molar-refractivity contribution in [1.82, 2.24) is 5.43 Å². The molecule has 1 rings (SSSR count). The van der Waals surface area contributed by atoms with Crippen LogP contribution in [0.3, 0.4) is 0 Å². The first-order valence-electron chi connectivity index (χ1n) is 5.07. The van der Waals surface area contributed by atoms with Crippen LogP contribution in [0.4, 0.5) is 0 Å². The second-order valence-corrected chi connectivity index (χ2v) is 3.81. The molecule has 1 unspecified atom stereocenters. The Morgan fingerprint density at radius 3 is 2.89 bits per heavy atom. The molecule has 1 atom stereocenters. The Morgan fingerprint density at radius 1 is 1.61 bits per heavy atom. The maximum absolute atomic E-state index is 10.7. The molecule has 7 heteroatoms. The van der Waals surface area contributed by atoms with E-state index in [9.17, 15) is 4.79 Å². The third-order valence-corrected chi connectivity index (χ3v) is 2.04. The van der Waals surface area contributed by atoms with Gasteiger partial charge in [0.2, 0.25) is 0 Å². The van der Waals surface area contributed by atoms with Gasteiger partial charge in [0, 0.05) is 5.56 Å². The number of hydrazone groups is 1. The number of aliphatic carboxylic acids is 1. The summed E-state index contributed by atoms with van der Waals surface area (Å²) in [5, 5.41) is 12.6. The average molecular weight is 267 g/mol.